The van der Waals surface area contributed by atoms with E-state index in [1.807, 2.05) is 35.6 Å². The first-order chi connectivity index (χ1) is 25.7. The van der Waals surface area contributed by atoms with Crippen molar-refractivity contribution in [3.63, 3.8) is 0 Å². The van der Waals surface area contributed by atoms with Crippen molar-refractivity contribution in [3.8, 4) is 22.3 Å². The lowest BCUT2D eigenvalue weighted by Gasteiger charge is -2.27. The lowest BCUT2D eigenvalue weighted by atomic mass is 10.0. The normalized spacial score (nSPS) is 11.8. The van der Waals surface area contributed by atoms with Gasteiger partial charge in [0.05, 0.1) is 5.69 Å². The van der Waals surface area contributed by atoms with E-state index in [9.17, 15) is 0 Å². The highest BCUT2D eigenvalue weighted by Crippen LogP contribution is 2.46. The predicted octanol–water partition coefficient (Wildman–Crippen LogP) is 14.7. The average molecular weight is 684 g/mol. The van der Waals surface area contributed by atoms with E-state index in [-0.39, 0.29) is 0 Å². The molecule has 0 unspecified atom stereocenters. The minimum Gasteiger partial charge on any atom is -0.456 e. The number of nitrogens with zero attached hydrogens (tertiary/aromatic N) is 1. The molecule has 3 nitrogen and oxygen atoms in total. The molecule has 0 radical (unpaired) electrons. The maximum absolute atomic E-state index is 6.28. The zero-order chi connectivity index (χ0) is 34.2. The Kier molecular flexibility index (Phi) is 6.42. The van der Waals surface area contributed by atoms with Crippen molar-refractivity contribution >= 4 is 92.4 Å². The molecule has 0 fully saturated rings. The van der Waals surface area contributed by atoms with Crippen LogP contribution in [0.1, 0.15) is 0 Å². The highest BCUT2D eigenvalue weighted by molar-refractivity contribution is 7.26. The third-order valence-electron chi connectivity index (χ3n) is 10.3. The molecule has 3 heterocycles. The molecule has 0 aliphatic carbocycles. The molecule has 4 heteroatoms. The van der Waals surface area contributed by atoms with E-state index in [1.165, 1.54) is 20.2 Å². The minimum absolute atomic E-state index is 0.896. The zero-order valence-electron chi connectivity index (χ0n) is 27.9. The summed E-state index contributed by atoms with van der Waals surface area (Å²) in [6.45, 7) is 0. The van der Waals surface area contributed by atoms with E-state index < -0.39 is 0 Å². The van der Waals surface area contributed by atoms with Crippen molar-refractivity contribution in [2.75, 3.05) is 4.90 Å². The largest absolute Gasteiger partial charge is 0.456 e. The van der Waals surface area contributed by atoms with E-state index in [4.69, 9.17) is 8.83 Å². The van der Waals surface area contributed by atoms with E-state index in [2.05, 4.69) is 157 Å². The molecule has 52 heavy (non-hydrogen) atoms. The Morgan fingerprint density at radius 3 is 1.79 bits per heavy atom. The summed E-state index contributed by atoms with van der Waals surface area (Å²) in [6, 6.07) is 62.7. The Morgan fingerprint density at radius 2 is 0.942 bits per heavy atom. The van der Waals surface area contributed by atoms with Gasteiger partial charge in [-0.1, -0.05) is 97.1 Å². The van der Waals surface area contributed by atoms with Gasteiger partial charge in [-0.25, -0.2) is 0 Å². The fourth-order valence-corrected chi connectivity index (χ4v) is 8.93. The number of hydrogen-bond acceptors (Lipinski definition) is 4. The standard InChI is InChI=1S/C48H29NO2S/c1-4-15-42-36(11-1)38-25-21-33(29-45(38)51-42)31-9-7-10-35(27-31)49(41-14-8-18-47-48(41)39-13-3-6-17-46(39)52-47)34-23-19-30(20-24-34)32-22-26-44-40(28-32)37-12-2-5-16-43(37)50-44/h1-29H. The van der Waals surface area contributed by atoms with Crippen LogP contribution < -0.4 is 4.90 Å². The van der Waals surface area contributed by atoms with Crippen molar-refractivity contribution in [3.05, 3.63) is 176 Å². The second kappa shape index (κ2) is 11.5. The second-order valence-electron chi connectivity index (χ2n) is 13.3. The Balaban J connectivity index is 1.06. The van der Waals surface area contributed by atoms with Gasteiger partial charge in [-0.15, -0.1) is 11.3 Å². The van der Waals surface area contributed by atoms with Gasteiger partial charge < -0.3 is 13.7 Å². The number of furan rings is 2. The van der Waals surface area contributed by atoms with Crippen LogP contribution in [0.25, 0.3) is 86.3 Å². The summed E-state index contributed by atoms with van der Waals surface area (Å²) >= 11 is 1.84. The number of fused-ring (bicyclic) bond motifs is 9. The van der Waals surface area contributed by atoms with Crippen LogP contribution in [0.5, 0.6) is 0 Å². The Bertz CT molecular complexity index is 3150. The van der Waals surface area contributed by atoms with Crippen LogP contribution in [-0.2, 0) is 0 Å². The van der Waals surface area contributed by atoms with Crippen LogP contribution in [0.15, 0.2) is 185 Å². The number of rotatable bonds is 5. The molecule has 0 N–H and O–H groups in total. The fourth-order valence-electron chi connectivity index (χ4n) is 7.81. The molecule has 0 aliphatic heterocycles. The number of para-hydroxylation sites is 2. The van der Waals surface area contributed by atoms with Gasteiger partial charge >= 0.3 is 0 Å². The van der Waals surface area contributed by atoms with E-state index in [0.29, 0.717) is 0 Å². The van der Waals surface area contributed by atoms with Gasteiger partial charge in [0.2, 0.25) is 0 Å². The van der Waals surface area contributed by atoms with Crippen molar-refractivity contribution in [2.24, 2.45) is 0 Å². The molecule has 11 rings (SSSR count). The zero-order valence-corrected chi connectivity index (χ0v) is 28.7. The Labute approximate surface area is 303 Å². The quantitative estimate of drug-likeness (QED) is 0.181. The molecular weight excluding hydrogens is 655 g/mol. The molecule has 0 saturated carbocycles. The Morgan fingerprint density at radius 1 is 0.346 bits per heavy atom. The van der Waals surface area contributed by atoms with Crippen molar-refractivity contribution in [1.29, 1.82) is 0 Å². The molecule has 8 aromatic carbocycles. The summed E-state index contributed by atoms with van der Waals surface area (Å²) in [5.74, 6) is 0. The first kappa shape index (κ1) is 29.1. The molecule has 0 bridgehead atoms. The molecule has 0 atom stereocenters. The summed E-state index contributed by atoms with van der Waals surface area (Å²) in [4.78, 5) is 2.40. The van der Waals surface area contributed by atoms with Crippen molar-refractivity contribution in [1.82, 2.24) is 0 Å². The minimum atomic E-state index is 0.896. The molecule has 0 amide bonds. The van der Waals surface area contributed by atoms with Gasteiger partial charge in [0.25, 0.3) is 0 Å². The number of thiophene rings is 1. The van der Waals surface area contributed by atoms with Crippen molar-refractivity contribution < 1.29 is 8.83 Å². The highest BCUT2D eigenvalue weighted by Gasteiger charge is 2.20. The highest BCUT2D eigenvalue weighted by atomic mass is 32.1. The van der Waals surface area contributed by atoms with Gasteiger partial charge in [-0.05, 0) is 101 Å². The van der Waals surface area contributed by atoms with E-state index in [1.54, 1.807) is 0 Å². The van der Waals surface area contributed by atoms with E-state index in [0.717, 1.165) is 83.2 Å². The molecule has 3 aromatic heterocycles. The summed E-state index contributed by atoms with van der Waals surface area (Å²) in [6.07, 6.45) is 0. The van der Waals surface area contributed by atoms with Gasteiger partial charge in [0.1, 0.15) is 22.3 Å². The van der Waals surface area contributed by atoms with Gasteiger partial charge in [0.15, 0.2) is 0 Å². The first-order valence-corrected chi connectivity index (χ1v) is 18.3. The maximum Gasteiger partial charge on any atom is 0.136 e. The van der Waals surface area contributed by atoms with Gasteiger partial charge in [0, 0.05) is 53.1 Å². The smallest absolute Gasteiger partial charge is 0.136 e. The predicted molar refractivity (Wildman–Crippen MR) is 219 cm³/mol. The molecular formula is C48H29NO2S. The average Bonchev–Trinajstić information content (AvgIpc) is 3.89. The number of benzene rings is 8. The monoisotopic (exact) mass is 683 g/mol. The summed E-state index contributed by atoms with van der Waals surface area (Å²) in [5, 5.41) is 7.07. The molecule has 0 spiro atoms. The van der Waals surface area contributed by atoms with E-state index >= 15 is 0 Å². The third-order valence-corrected chi connectivity index (χ3v) is 11.4. The number of anilines is 3. The topological polar surface area (TPSA) is 29.5 Å². The van der Waals surface area contributed by atoms with Gasteiger partial charge in [-0.2, -0.15) is 0 Å². The summed E-state index contributed by atoms with van der Waals surface area (Å²) in [7, 11) is 0. The molecule has 0 aliphatic rings. The second-order valence-corrected chi connectivity index (χ2v) is 14.4. The lowest BCUT2D eigenvalue weighted by Crippen LogP contribution is -2.10. The van der Waals surface area contributed by atoms with Gasteiger partial charge in [-0.3, -0.25) is 0 Å². The third kappa shape index (κ3) is 4.58. The molecule has 0 saturated heterocycles. The first-order valence-electron chi connectivity index (χ1n) is 17.5. The van der Waals surface area contributed by atoms with Crippen LogP contribution in [0, 0.1) is 0 Å². The summed E-state index contributed by atoms with van der Waals surface area (Å²) < 4.78 is 15.0. The van der Waals surface area contributed by atoms with Crippen LogP contribution in [-0.4, -0.2) is 0 Å². The van der Waals surface area contributed by atoms with Crippen LogP contribution >= 0.6 is 11.3 Å². The maximum atomic E-state index is 6.28. The lowest BCUT2D eigenvalue weighted by molar-refractivity contribution is 0.668. The fraction of sp³-hybridized carbons (Fsp3) is 0. The van der Waals surface area contributed by atoms with Crippen LogP contribution in [0.2, 0.25) is 0 Å². The summed E-state index contributed by atoms with van der Waals surface area (Å²) in [5.41, 5.74) is 11.5. The van der Waals surface area contributed by atoms with Crippen LogP contribution in [0.4, 0.5) is 17.1 Å². The molecule has 11 aromatic rings. The van der Waals surface area contributed by atoms with Crippen molar-refractivity contribution in [2.45, 2.75) is 0 Å². The number of hydrogen-bond donors (Lipinski definition) is 0. The molecule has 244 valence electrons. The SMILES string of the molecule is c1cc(-c2ccc3c(c2)oc2ccccc23)cc(N(c2ccc(-c3ccc4oc5ccccc5c4c3)cc2)c2cccc3sc4ccccc4c23)c1. The Hall–Kier alpha value is -6.62. The van der Waals surface area contributed by atoms with Crippen LogP contribution in [0.3, 0.4) is 0 Å².